The number of nitrogens with one attached hydrogen (secondary N) is 3. The van der Waals surface area contributed by atoms with E-state index in [-0.39, 0.29) is 16.7 Å². The second-order valence-electron chi connectivity index (χ2n) is 6.34. The van der Waals surface area contributed by atoms with E-state index >= 15 is 0 Å². The van der Waals surface area contributed by atoms with Crippen LogP contribution < -0.4 is 20.5 Å². The molecule has 164 valence electrons. The third kappa shape index (κ3) is 6.18. The van der Waals surface area contributed by atoms with Crippen molar-refractivity contribution in [2.45, 2.75) is 10.9 Å². The number of benzene rings is 1. The van der Waals surface area contributed by atoms with Gasteiger partial charge >= 0.3 is 0 Å². The number of hydrogen-bond donors (Lipinski definition) is 4. The van der Waals surface area contributed by atoms with E-state index in [1.54, 1.807) is 30.4 Å². The third-order valence-corrected chi connectivity index (χ3v) is 6.10. The van der Waals surface area contributed by atoms with Gasteiger partial charge in [-0.2, -0.15) is 4.98 Å². The summed E-state index contributed by atoms with van der Waals surface area (Å²) in [5, 5.41) is 11.8. The predicted molar refractivity (Wildman–Crippen MR) is 115 cm³/mol. The zero-order chi connectivity index (χ0) is 22.6. The second kappa shape index (κ2) is 8.93. The number of primary sulfonamides is 1. The Labute approximate surface area is 178 Å². The number of anilines is 3. The molecule has 31 heavy (non-hydrogen) atoms. The van der Waals surface area contributed by atoms with Gasteiger partial charge in [0.25, 0.3) is 0 Å². The molecule has 0 atom stereocenters. The van der Waals surface area contributed by atoms with Gasteiger partial charge < -0.3 is 10.6 Å². The average Bonchev–Trinajstić information content (AvgIpc) is 2.71. The summed E-state index contributed by atoms with van der Waals surface area (Å²) >= 11 is 0. The number of aromatic nitrogens is 2. The van der Waals surface area contributed by atoms with Crippen LogP contribution in [0.15, 0.2) is 70.6 Å². The fourth-order valence-electron chi connectivity index (χ4n) is 2.53. The molecule has 3 rings (SSSR count). The molecule has 5 N–H and O–H groups in total. The SMILES string of the molecule is CNS(=O)(=O)C=C1C=CC(Nc2nc(Nc3cccc(S(N)(=O)=O)c3)ncc2F)C=C1. The molecule has 0 fully saturated rings. The van der Waals surface area contributed by atoms with E-state index in [1.807, 2.05) is 0 Å². The van der Waals surface area contributed by atoms with Gasteiger partial charge in [-0.05, 0) is 30.8 Å². The van der Waals surface area contributed by atoms with Crippen molar-refractivity contribution in [3.05, 3.63) is 71.6 Å². The summed E-state index contributed by atoms with van der Waals surface area (Å²) < 4.78 is 62.4. The van der Waals surface area contributed by atoms with Crippen molar-refractivity contribution >= 4 is 37.5 Å². The Balaban J connectivity index is 1.75. The van der Waals surface area contributed by atoms with Gasteiger partial charge in [0.2, 0.25) is 26.0 Å². The first-order valence-corrected chi connectivity index (χ1v) is 11.9. The molecule has 10 nitrogen and oxygen atoms in total. The van der Waals surface area contributed by atoms with Crippen LogP contribution in [0.2, 0.25) is 0 Å². The van der Waals surface area contributed by atoms with Crippen LogP contribution in [0.25, 0.3) is 0 Å². The standard InChI is InChI=1S/C18H19FN6O4S2/c1-21-30(26,27)11-12-5-7-13(8-6-12)23-17-16(19)10-22-18(25-17)24-14-3-2-4-15(9-14)31(20,28)29/h2-11,13,21H,1H3,(H2,20,28,29)(H2,22,23,24,25). The molecular weight excluding hydrogens is 447 g/mol. The van der Waals surface area contributed by atoms with Crippen molar-refractivity contribution in [1.29, 1.82) is 0 Å². The normalized spacial score (nSPS) is 16.2. The maximum Gasteiger partial charge on any atom is 0.238 e. The quantitative estimate of drug-likeness (QED) is 0.476. The maximum absolute atomic E-state index is 14.2. The lowest BCUT2D eigenvalue weighted by atomic mass is 10.1. The fraction of sp³-hybridized carbons (Fsp3) is 0.111. The predicted octanol–water partition coefficient (Wildman–Crippen LogP) is 1.35. The Morgan fingerprint density at radius 3 is 2.52 bits per heavy atom. The van der Waals surface area contributed by atoms with Gasteiger partial charge in [0.05, 0.1) is 22.5 Å². The highest BCUT2D eigenvalue weighted by Crippen LogP contribution is 2.21. The lowest BCUT2D eigenvalue weighted by Gasteiger charge is -2.16. The largest absolute Gasteiger partial charge is 0.358 e. The van der Waals surface area contributed by atoms with Crippen molar-refractivity contribution < 1.29 is 21.2 Å². The van der Waals surface area contributed by atoms with Crippen LogP contribution in [0, 0.1) is 5.82 Å². The van der Waals surface area contributed by atoms with E-state index in [4.69, 9.17) is 5.14 Å². The van der Waals surface area contributed by atoms with Crippen LogP contribution in [0.1, 0.15) is 0 Å². The number of rotatable bonds is 7. The highest BCUT2D eigenvalue weighted by Gasteiger charge is 2.14. The molecule has 2 aromatic rings. The zero-order valence-corrected chi connectivity index (χ0v) is 17.8. The van der Waals surface area contributed by atoms with E-state index in [0.29, 0.717) is 11.3 Å². The second-order valence-corrected chi connectivity index (χ2v) is 9.64. The molecule has 0 spiro atoms. The molecule has 0 saturated heterocycles. The number of allylic oxidation sites excluding steroid dienone is 3. The number of sulfonamides is 2. The Bertz CT molecular complexity index is 1270. The fourth-order valence-corrected chi connectivity index (χ4v) is 3.72. The van der Waals surface area contributed by atoms with Crippen LogP contribution in [-0.4, -0.2) is 39.9 Å². The van der Waals surface area contributed by atoms with Crippen molar-refractivity contribution in [3.8, 4) is 0 Å². The molecule has 0 aliphatic heterocycles. The molecule has 0 amide bonds. The molecule has 13 heteroatoms. The lowest BCUT2D eigenvalue weighted by molar-refractivity contribution is 0.595. The van der Waals surface area contributed by atoms with Gasteiger partial charge in [-0.3, -0.25) is 0 Å². The number of hydrogen-bond acceptors (Lipinski definition) is 8. The summed E-state index contributed by atoms with van der Waals surface area (Å²) in [6.07, 6.45) is 7.39. The van der Waals surface area contributed by atoms with E-state index in [9.17, 15) is 21.2 Å². The highest BCUT2D eigenvalue weighted by atomic mass is 32.2. The molecule has 1 aromatic heterocycles. The van der Waals surface area contributed by atoms with Crippen LogP contribution in [0.5, 0.6) is 0 Å². The molecule has 0 radical (unpaired) electrons. The van der Waals surface area contributed by atoms with Gasteiger partial charge in [-0.15, -0.1) is 0 Å². The summed E-state index contributed by atoms with van der Waals surface area (Å²) in [6.45, 7) is 0. The topological polar surface area (TPSA) is 156 Å². The van der Waals surface area contributed by atoms with Gasteiger partial charge in [0.15, 0.2) is 11.6 Å². The minimum absolute atomic E-state index is 0.0277. The lowest BCUT2D eigenvalue weighted by Crippen LogP contribution is -2.19. The van der Waals surface area contributed by atoms with Gasteiger partial charge in [0.1, 0.15) is 0 Å². The highest BCUT2D eigenvalue weighted by molar-refractivity contribution is 7.92. The zero-order valence-electron chi connectivity index (χ0n) is 16.2. The average molecular weight is 467 g/mol. The van der Waals surface area contributed by atoms with Crippen LogP contribution in [0.3, 0.4) is 0 Å². The van der Waals surface area contributed by atoms with Gasteiger partial charge in [0, 0.05) is 5.69 Å². The van der Waals surface area contributed by atoms with E-state index < -0.39 is 31.9 Å². The molecule has 0 saturated carbocycles. The van der Waals surface area contributed by atoms with Crippen molar-refractivity contribution in [3.63, 3.8) is 0 Å². The Kier molecular flexibility index (Phi) is 6.50. The minimum atomic E-state index is -3.88. The maximum atomic E-state index is 14.2. The Morgan fingerprint density at radius 1 is 1.16 bits per heavy atom. The van der Waals surface area contributed by atoms with Crippen molar-refractivity contribution in [2.75, 3.05) is 17.7 Å². The first kappa shape index (κ1) is 22.6. The summed E-state index contributed by atoms with van der Waals surface area (Å²) in [5.41, 5.74) is 0.801. The molecule has 1 aliphatic rings. The molecule has 0 bridgehead atoms. The van der Waals surface area contributed by atoms with Crippen molar-refractivity contribution in [2.24, 2.45) is 5.14 Å². The number of nitrogens with zero attached hydrogens (tertiary/aromatic N) is 2. The first-order valence-electron chi connectivity index (χ1n) is 8.76. The summed E-state index contributed by atoms with van der Waals surface area (Å²) in [6, 6.07) is 5.26. The molecular formula is C18H19FN6O4S2. The van der Waals surface area contributed by atoms with E-state index in [2.05, 4.69) is 25.3 Å². The molecule has 1 aromatic carbocycles. The smallest absolute Gasteiger partial charge is 0.238 e. The third-order valence-electron chi connectivity index (χ3n) is 4.03. The number of halogens is 1. The monoisotopic (exact) mass is 466 g/mol. The molecule has 1 aliphatic carbocycles. The van der Waals surface area contributed by atoms with Crippen molar-refractivity contribution in [1.82, 2.24) is 14.7 Å². The van der Waals surface area contributed by atoms with Crippen LogP contribution in [-0.2, 0) is 20.0 Å². The van der Waals surface area contributed by atoms with Crippen LogP contribution in [0.4, 0.5) is 21.8 Å². The summed E-state index contributed by atoms with van der Waals surface area (Å²) in [7, 11) is -6.10. The summed E-state index contributed by atoms with van der Waals surface area (Å²) in [4.78, 5) is 7.81. The Hall–Kier alpha value is -3.13. The Morgan fingerprint density at radius 2 is 1.87 bits per heavy atom. The van der Waals surface area contributed by atoms with Gasteiger partial charge in [-0.25, -0.2) is 36.1 Å². The first-order chi connectivity index (χ1) is 14.6. The summed E-state index contributed by atoms with van der Waals surface area (Å²) in [5.74, 6) is -0.778. The molecule has 0 unspecified atom stereocenters. The van der Waals surface area contributed by atoms with E-state index in [1.165, 1.54) is 25.2 Å². The molecule has 1 heterocycles. The van der Waals surface area contributed by atoms with Gasteiger partial charge in [-0.1, -0.05) is 30.4 Å². The number of nitrogens with two attached hydrogens (primary N) is 1. The minimum Gasteiger partial charge on any atom is -0.358 e. The van der Waals surface area contributed by atoms with E-state index in [0.717, 1.165) is 11.6 Å². The van der Waals surface area contributed by atoms with Crippen LogP contribution >= 0.6 is 0 Å².